The maximum absolute atomic E-state index is 11.5. The summed E-state index contributed by atoms with van der Waals surface area (Å²) in [6.07, 6.45) is 0.317. The molecule has 0 aliphatic heterocycles. The standard InChI is InChI=1S/C12H18N2O2/c1-9-3-4-11(13)10(7-9)8-12(15)14-5-6-16-2/h3-4,7H,5-6,8,13H2,1-2H3,(H,14,15). The molecule has 1 amide bonds. The number of hydrogen-bond donors (Lipinski definition) is 2. The first-order valence-corrected chi connectivity index (χ1v) is 5.24. The van der Waals surface area contributed by atoms with Crippen molar-refractivity contribution < 1.29 is 9.53 Å². The van der Waals surface area contributed by atoms with Crippen LogP contribution < -0.4 is 11.1 Å². The predicted molar refractivity (Wildman–Crippen MR) is 64.2 cm³/mol. The number of carbonyl (C=O) groups excluding carboxylic acids is 1. The lowest BCUT2D eigenvalue weighted by atomic mass is 10.1. The molecular weight excluding hydrogens is 204 g/mol. The lowest BCUT2D eigenvalue weighted by Crippen LogP contribution is -2.28. The summed E-state index contributed by atoms with van der Waals surface area (Å²) in [5, 5.41) is 2.76. The first kappa shape index (κ1) is 12.5. The topological polar surface area (TPSA) is 64.3 Å². The zero-order valence-electron chi connectivity index (χ0n) is 9.75. The number of rotatable bonds is 5. The van der Waals surface area contributed by atoms with Crippen molar-refractivity contribution in [2.75, 3.05) is 26.0 Å². The number of nitrogens with two attached hydrogens (primary N) is 1. The molecule has 4 nitrogen and oxygen atoms in total. The van der Waals surface area contributed by atoms with Gasteiger partial charge in [-0.25, -0.2) is 0 Å². The van der Waals surface area contributed by atoms with E-state index in [9.17, 15) is 4.79 Å². The third-order valence-electron chi connectivity index (χ3n) is 2.28. The molecule has 0 bridgehead atoms. The molecule has 0 atom stereocenters. The molecule has 4 heteroatoms. The van der Waals surface area contributed by atoms with E-state index >= 15 is 0 Å². The van der Waals surface area contributed by atoms with Crippen molar-refractivity contribution in [3.8, 4) is 0 Å². The Labute approximate surface area is 95.8 Å². The number of anilines is 1. The molecule has 0 saturated carbocycles. The number of hydrogen-bond acceptors (Lipinski definition) is 3. The summed E-state index contributed by atoms with van der Waals surface area (Å²) in [6.45, 7) is 3.03. The predicted octanol–water partition coefficient (Wildman–Crippen LogP) is 0.882. The third-order valence-corrected chi connectivity index (χ3v) is 2.28. The summed E-state index contributed by atoms with van der Waals surface area (Å²) < 4.78 is 4.85. The maximum atomic E-state index is 11.5. The average molecular weight is 222 g/mol. The lowest BCUT2D eigenvalue weighted by molar-refractivity contribution is -0.120. The Bertz CT molecular complexity index is 364. The van der Waals surface area contributed by atoms with E-state index < -0.39 is 0 Å². The van der Waals surface area contributed by atoms with Gasteiger partial charge >= 0.3 is 0 Å². The highest BCUT2D eigenvalue weighted by molar-refractivity contribution is 5.80. The normalized spacial score (nSPS) is 10.1. The molecule has 16 heavy (non-hydrogen) atoms. The van der Waals surface area contributed by atoms with Gasteiger partial charge in [-0.2, -0.15) is 0 Å². The number of methoxy groups -OCH3 is 1. The maximum Gasteiger partial charge on any atom is 0.224 e. The Morgan fingerprint density at radius 2 is 2.25 bits per heavy atom. The van der Waals surface area contributed by atoms with Gasteiger partial charge in [0.15, 0.2) is 0 Å². The van der Waals surface area contributed by atoms with Crippen LogP contribution in [0.3, 0.4) is 0 Å². The van der Waals surface area contributed by atoms with Crippen molar-refractivity contribution in [1.29, 1.82) is 0 Å². The summed E-state index contributed by atoms with van der Waals surface area (Å²) >= 11 is 0. The molecule has 0 aromatic heterocycles. The van der Waals surface area contributed by atoms with Crippen LogP contribution in [-0.2, 0) is 16.0 Å². The highest BCUT2D eigenvalue weighted by Gasteiger charge is 2.05. The second-order valence-electron chi connectivity index (χ2n) is 3.72. The van der Waals surface area contributed by atoms with Gasteiger partial charge in [0.2, 0.25) is 5.91 Å². The van der Waals surface area contributed by atoms with Gasteiger partial charge < -0.3 is 15.8 Å². The molecule has 0 fully saturated rings. The van der Waals surface area contributed by atoms with Gasteiger partial charge in [-0.1, -0.05) is 17.7 Å². The Morgan fingerprint density at radius 1 is 1.50 bits per heavy atom. The number of amides is 1. The summed E-state index contributed by atoms with van der Waals surface area (Å²) in [4.78, 5) is 11.5. The smallest absolute Gasteiger partial charge is 0.224 e. The molecule has 0 spiro atoms. The fourth-order valence-electron chi connectivity index (χ4n) is 1.42. The van der Waals surface area contributed by atoms with Crippen molar-refractivity contribution in [3.63, 3.8) is 0 Å². The molecular formula is C12H18N2O2. The summed E-state index contributed by atoms with van der Waals surface area (Å²) in [6, 6.07) is 5.69. The molecule has 0 radical (unpaired) electrons. The Kier molecular flexibility index (Phi) is 4.79. The van der Waals surface area contributed by atoms with Crippen LogP contribution in [0.15, 0.2) is 18.2 Å². The summed E-state index contributed by atoms with van der Waals surface area (Å²) in [7, 11) is 1.60. The molecule has 0 aliphatic carbocycles. The zero-order chi connectivity index (χ0) is 12.0. The number of nitrogens with one attached hydrogen (secondary N) is 1. The summed E-state index contributed by atoms with van der Waals surface area (Å²) in [5.41, 5.74) is 8.42. The Hall–Kier alpha value is -1.55. The zero-order valence-corrected chi connectivity index (χ0v) is 9.75. The minimum Gasteiger partial charge on any atom is -0.398 e. The molecule has 0 saturated heterocycles. The highest BCUT2D eigenvalue weighted by atomic mass is 16.5. The number of aryl methyl sites for hydroxylation is 1. The quantitative estimate of drug-likeness (QED) is 0.574. The van der Waals surface area contributed by atoms with E-state index in [1.54, 1.807) is 7.11 Å². The lowest BCUT2D eigenvalue weighted by Gasteiger charge is -2.07. The van der Waals surface area contributed by atoms with E-state index in [-0.39, 0.29) is 5.91 Å². The van der Waals surface area contributed by atoms with Crippen molar-refractivity contribution in [3.05, 3.63) is 29.3 Å². The second-order valence-corrected chi connectivity index (χ2v) is 3.72. The first-order valence-electron chi connectivity index (χ1n) is 5.24. The van der Waals surface area contributed by atoms with Crippen molar-refractivity contribution in [1.82, 2.24) is 5.32 Å². The summed E-state index contributed by atoms with van der Waals surface area (Å²) in [5.74, 6) is -0.0330. The van der Waals surface area contributed by atoms with Crippen LogP contribution in [0.2, 0.25) is 0 Å². The van der Waals surface area contributed by atoms with Crippen LogP contribution >= 0.6 is 0 Å². The van der Waals surface area contributed by atoms with Crippen LogP contribution in [0.5, 0.6) is 0 Å². The Morgan fingerprint density at radius 3 is 2.94 bits per heavy atom. The van der Waals surface area contributed by atoms with E-state index in [2.05, 4.69) is 5.32 Å². The van der Waals surface area contributed by atoms with Crippen LogP contribution in [0.25, 0.3) is 0 Å². The van der Waals surface area contributed by atoms with Gasteiger partial charge in [0.25, 0.3) is 0 Å². The SMILES string of the molecule is COCCNC(=O)Cc1cc(C)ccc1N. The highest BCUT2D eigenvalue weighted by Crippen LogP contribution is 2.14. The average Bonchev–Trinajstić information content (AvgIpc) is 2.24. The van der Waals surface area contributed by atoms with Crippen molar-refractivity contribution >= 4 is 11.6 Å². The van der Waals surface area contributed by atoms with Gasteiger partial charge in [-0.15, -0.1) is 0 Å². The third kappa shape index (κ3) is 3.90. The number of ether oxygens (including phenoxy) is 1. The van der Waals surface area contributed by atoms with E-state index in [0.717, 1.165) is 11.1 Å². The van der Waals surface area contributed by atoms with Gasteiger partial charge in [-0.05, 0) is 18.6 Å². The van der Waals surface area contributed by atoms with Crippen LogP contribution in [0, 0.1) is 6.92 Å². The fourth-order valence-corrected chi connectivity index (χ4v) is 1.42. The van der Waals surface area contributed by atoms with E-state index in [1.807, 2.05) is 25.1 Å². The van der Waals surface area contributed by atoms with Crippen molar-refractivity contribution in [2.45, 2.75) is 13.3 Å². The molecule has 1 rings (SSSR count). The van der Waals surface area contributed by atoms with Crippen LogP contribution in [0.1, 0.15) is 11.1 Å². The molecule has 3 N–H and O–H groups in total. The first-order chi connectivity index (χ1) is 7.63. The van der Waals surface area contributed by atoms with Crippen LogP contribution in [0.4, 0.5) is 5.69 Å². The molecule has 0 unspecified atom stereocenters. The molecule has 0 aliphatic rings. The minimum atomic E-state index is -0.0330. The van der Waals surface area contributed by atoms with Gasteiger partial charge in [0.05, 0.1) is 13.0 Å². The van der Waals surface area contributed by atoms with E-state index in [0.29, 0.717) is 25.3 Å². The monoisotopic (exact) mass is 222 g/mol. The molecule has 1 aromatic rings. The molecule has 1 aromatic carbocycles. The fraction of sp³-hybridized carbons (Fsp3) is 0.417. The second kappa shape index (κ2) is 6.12. The van der Waals surface area contributed by atoms with Crippen molar-refractivity contribution in [2.24, 2.45) is 0 Å². The number of carbonyl (C=O) groups is 1. The number of nitrogen functional groups attached to an aromatic ring is 1. The molecule has 0 heterocycles. The van der Waals surface area contributed by atoms with Gasteiger partial charge in [0.1, 0.15) is 0 Å². The minimum absolute atomic E-state index is 0.0330. The molecule has 88 valence electrons. The Balaban J connectivity index is 2.52. The number of benzene rings is 1. The largest absolute Gasteiger partial charge is 0.398 e. The van der Waals surface area contributed by atoms with Gasteiger partial charge in [-0.3, -0.25) is 4.79 Å². The van der Waals surface area contributed by atoms with Gasteiger partial charge in [0, 0.05) is 19.3 Å². The van der Waals surface area contributed by atoms with E-state index in [1.165, 1.54) is 0 Å². The van der Waals surface area contributed by atoms with Crippen LogP contribution in [-0.4, -0.2) is 26.2 Å². The van der Waals surface area contributed by atoms with E-state index in [4.69, 9.17) is 10.5 Å².